The lowest BCUT2D eigenvalue weighted by Gasteiger charge is -2.28. The topological polar surface area (TPSA) is 114 Å². The number of thioether (sulfide) groups is 1. The number of para-hydroxylation sites is 2. The second-order valence-corrected chi connectivity index (χ2v) is 9.10. The molecule has 1 amide bonds. The van der Waals surface area contributed by atoms with E-state index in [1.807, 2.05) is 0 Å². The fraction of sp³-hybridized carbons (Fsp3) is 0.148. The minimum atomic E-state index is -1.54. The van der Waals surface area contributed by atoms with E-state index in [0.717, 1.165) is 5.56 Å². The van der Waals surface area contributed by atoms with Crippen molar-refractivity contribution in [3.8, 4) is 11.5 Å². The van der Waals surface area contributed by atoms with Gasteiger partial charge in [0.25, 0.3) is 0 Å². The number of carbonyl (C=O) groups is 1. The number of hydrogen-bond donors (Lipinski definition) is 1. The van der Waals surface area contributed by atoms with E-state index < -0.39 is 6.36 Å². The van der Waals surface area contributed by atoms with Gasteiger partial charge in [-0.2, -0.15) is 5.10 Å². The number of amidine groups is 2. The van der Waals surface area contributed by atoms with Crippen LogP contribution in [0.2, 0.25) is 0 Å². The molecule has 39 heavy (non-hydrogen) atoms. The molecule has 0 radical (unpaired) electrons. The first kappa shape index (κ1) is 27.5. The van der Waals surface area contributed by atoms with E-state index in [0.29, 0.717) is 34.3 Å². The molecule has 1 unspecified atom stereocenters. The third kappa shape index (κ3) is 7.48. The van der Waals surface area contributed by atoms with Crippen LogP contribution in [0.25, 0.3) is 0 Å². The summed E-state index contributed by atoms with van der Waals surface area (Å²) in [7, 11) is 0. The zero-order chi connectivity index (χ0) is 27.6. The summed E-state index contributed by atoms with van der Waals surface area (Å²) in [5.74, 6) is 0.948. The van der Waals surface area contributed by atoms with Gasteiger partial charge in [0.1, 0.15) is 17.9 Å². The maximum atomic E-state index is 13.5. The molecule has 12 heteroatoms. The number of anilines is 1. The van der Waals surface area contributed by atoms with Crippen molar-refractivity contribution in [2.45, 2.75) is 19.7 Å². The summed E-state index contributed by atoms with van der Waals surface area (Å²) >= 11 is 1.37. The molecule has 1 fully saturated rings. The van der Waals surface area contributed by atoms with Crippen molar-refractivity contribution >= 4 is 52.6 Å². The fourth-order valence-electron chi connectivity index (χ4n) is 3.44. The van der Waals surface area contributed by atoms with Crippen LogP contribution < -0.4 is 20.3 Å². The van der Waals surface area contributed by atoms with Crippen molar-refractivity contribution in [2.75, 3.05) is 10.7 Å². The highest BCUT2D eigenvalue weighted by Gasteiger charge is 2.29. The van der Waals surface area contributed by atoms with Crippen LogP contribution in [0.5, 0.6) is 11.5 Å². The van der Waals surface area contributed by atoms with E-state index in [-0.39, 0.29) is 23.2 Å². The summed E-state index contributed by atoms with van der Waals surface area (Å²) in [6.07, 6.45) is 1.61. The molecule has 1 atom stereocenters. The SMILES string of the molecule is CC(F)Oc1ccccc1N1C(=O)CCS/C1=N\N=C\c1ccc(C(N)=NC=Nc2ccc(OF)cc2)cc1. The lowest BCUT2D eigenvalue weighted by atomic mass is 10.1. The van der Waals surface area contributed by atoms with Gasteiger partial charge < -0.3 is 10.5 Å². The average Bonchev–Trinajstić information content (AvgIpc) is 2.94. The Balaban J connectivity index is 1.45. The van der Waals surface area contributed by atoms with Crippen molar-refractivity contribution in [1.29, 1.82) is 0 Å². The van der Waals surface area contributed by atoms with Crippen LogP contribution in [-0.2, 0) is 4.79 Å². The number of halogens is 2. The van der Waals surface area contributed by atoms with E-state index in [4.69, 9.17) is 10.5 Å². The van der Waals surface area contributed by atoms with Crippen molar-refractivity contribution in [3.05, 3.63) is 83.9 Å². The molecular weight excluding hydrogens is 526 g/mol. The summed E-state index contributed by atoms with van der Waals surface area (Å²) in [5.41, 5.74) is 8.42. The minimum absolute atomic E-state index is 0.0819. The van der Waals surface area contributed by atoms with Crippen LogP contribution in [-0.4, -0.2) is 41.6 Å². The van der Waals surface area contributed by atoms with E-state index in [2.05, 4.69) is 25.1 Å². The molecular formula is C27H24F2N6O3S. The number of aliphatic imine (C=N–C) groups is 2. The Labute approximate surface area is 227 Å². The largest absolute Gasteiger partial charge is 0.459 e. The van der Waals surface area contributed by atoms with Gasteiger partial charge in [0.2, 0.25) is 12.3 Å². The van der Waals surface area contributed by atoms with Crippen LogP contribution >= 0.6 is 11.8 Å². The molecule has 4 rings (SSSR count). The van der Waals surface area contributed by atoms with Gasteiger partial charge in [0, 0.05) is 29.2 Å². The predicted octanol–water partition coefficient (Wildman–Crippen LogP) is 5.57. The highest BCUT2D eigenvalue weighted by Crippen LogP contribution is 2.34. The van der Waals surface area contributed by atoms with Crippen molar-refractivity contribution < 1.29 is 23.4 Å². The Morgan fingerprint density at radius 3 is 2.56 bits per heavy atom. The minimum Gasteiger partial charge on any atom is -0.459 e. The number of hydrogen-bond acceptors (Lipinski definition) is 7. The maximum absolute atomic E-state index is 13.5. The molecule has 1 aliphatic heterocycles. The van der Waals surface area contributed by atoms with E-state index in [1.54, 1.807) is 66.9 Å². The number of ether oxygens (including phenoxy) is 1. The number of amides is 1. The number of benzene rings is 3. The quantitative estimate of drug-likeness (QED) is 0.213. The van der Waals surface area contributed by atoms with Crippen molar-refractivity contribution in [1.82, 2.24) is 0 Å². The Morgan fingerprint density at radius 2 is 1.85 bits per heavy atom. The van der Waals surface area contributed by atoms with E-state index in [1.165, 1.54) is 42.1 Å². The van der Waals surface area contributed by atoms with Gasteiger partial charge >= 0.3 is 0 Å². The number of alkyl halides is 1. The van der Waals surface area contributed by atoms with Gasteiger partial charge in [-0.15, -0.1) is 5.10 Å². The van der Waals surface area contributed by atoms with Gasteiger partial charge in [0.05, 0.1) is 17.6 Å². The molecule has 0 aromatic heterocycles. The molecule has 1 saturated heterocycles. The number of nitrogens with zero attached hydrogens (tertiary/aromatic N) is 5. The van der Waals surface area contributed by atoms with Crippen LogP contribution in [0.1, 0.15) is 24.5 Å². The van der Waals surface area contributed by atoms with Gasteiger partial charge in [-0.25, -0.2) is 14.4 Å². The fourth-order valence-corrected chi connectivity index (χ4v) is 4.33. The van der Waals surface area contributed by atoms with E-state index in [9.17, 15) is 13.7 Å². The summed E-state index contributed by atoms with van der Waals surface area (Å²) in [5, 5.41) is 8.77. The Kier molecular flexibility index (Phi) is 9.35. The highest BCUT2D eigenvalue weighted by molar-refractivity contribution is 8.14. The van der Waals surface area contributed by atoms with Crippen molar-refractivity contribution in [3.63, 3.8) is 0 Å². The van der Waals surface area contributed by atoms with Gasteiger partial charge in [-0.05, 0) is 42.0 Å². The Morgan fingerprint density at radius 1 is 1.10 bits per heavy atom. The number of nitrogens with two attached hydrogens (primary N) is 1. The summed E-state index contributed by atoms with van der Waals surface area (Å²) in [4.78, 5) is 26.0. The zero-order valence-electron chi connectivity index (χ0n) is 20.8. The van der Waals surface area contributed by atoms with Crippen LogP contribution in [0.15, 0.2) is 93.0 Å². The van der Waals surface area contributed by atoms with Crippen molar-refractivity contribution in [2.24, 2.45) is 25.9 Å². The molecule has 3 aromatic carbocycles. The summed E-state index contributed by atoms with van der Waals surface area (Å²) in [6, 6.07) is 19.9. The molecule has 0 spiro atoms. The predicted molar refractivity (Wildman–Crippen MR) is 151 cm³/mol. The Hall–Kier alpha value is -4.58. The van der Waals surface area contributed by atoms with Gasteiger partial charge in [0.15, 0.2) is 10.9 Å². The highest BCUT2D eigenvalue weighted by atomic mass is 32.2. The first-order valence-electron chi connectivity index (χ1n) is 11.8. The third-order valence-corrected chi connectivity index (χ3v) is 6.20. The lowest BCUT2D eigenvalue weighted by molar-refractivity contribution is -0.117. The second-order valence-electron chi connectivity index (χ2n) is 8.04. The molecule has 1 aliphatic rings. The van der Waals surface area contributed by atoms with Crippen LogP contribution in [0.4, 0.5) is 20.3 Å². The normalized spacial score (nSPS) is 16.3. The molecule has 0 saturated carbocycles. The summed E-state index contributed by atoms with van der Waals surface area (Å²) < 4.78 is 30.9. The standard InChI is InChI=1S/C27H24F2N6O3S/c1-18(28)37-24-5-3-2-4-23(24)35-25(36)14-15-39-27(35)34-33-16-19-6-8-20(9-7-19)26(30)32-17-31-21-10-12-22(38-29)13-11-21/h2-13,16-18H,14-15H2,1H3,(H2,30,31,32)/b33-16+,34-27-. The zero-order valence-corrected chi connectivity index (χ0v) is 21.6. The van der Waals surface area contributed by atoms with Gasteiger partial charge in [-0.3, -0.25) is 14.6 Å². The van der Waals surface area contributed by atoms with Crippen LogP contribution in [0.3, 0.4) is 0 Å². The monoisotopic (exact) mass is 550 g/mol. The molecule has 200 valence electrons. The Bertz CT molecular complexity index is 1410. The maximum Gasteiger partial charge on any atom is 0.235 e. The number of carbonyl (C=O) groups excluding carboxylic acids is 1. The third-order valence-electron chi connectivity index (χ3n) is 5.27. The molecule has 1 heterocycles. The van der Waals surface area contributed by atoms with E-state index >= 15 is 0 Å². The smallest absolute Gasteiger partial charge is 0.235 e. The summed E-state index contributed by atoms with van der Waals surface area (Å²) in [6.45, 7) is 1.27. The molecule has 3 aromatic rings. The molecule has 0 bridgehead atoms. The molecule has 2 N–H and O–H groups in total. The number of rotatable bonds is 9. The average molecular weight is 551 g/mol. The second kappa shape index (κ2) is 13.3. The lowest BCUT2D eigenvalue weighted by Crippen LogP contribution is -2.39. The first-order valence-corrected chi connectivity index (χ1v) is 12.7. The molecule has 0 aliphatic carbocycles. The van der Waals surface area contributed by atoms with Gasteiger partial charge in [-0.1, -0.05) is 48.2 Å². The molecule has 9 nitrogen and oxygen atoms in total. The first-order chi connectivity index (χ1) is 18.9. The van der Waals surface area contributed by atoms with Crippen LogP contribution in [0, 0.1) is 0 Å².